The van der Waals surface area contributed by atoms with Crippen molar-refractivity contribution in [2.75, 3.05) is 6.61 Å². The number of fused-ring (bicyclic) bond motifs is 3. The molecule has 206 valence electrons. The predicted molar refractivity (Wildman–Crippen MR) is 147 cm³/mol. The molecular formula is C32H42O6. The maximum Gasteiger partial charge on any atom is 0.339 e. The standard InChI is InChI=1S/C32H42O6/c1-19(24-12-11-21(3)29(36)38-24)9-8-10-20(2)28-23(34)17-26-30(5)16-14-27(35)32(7,18-37-22(4)33)25(30)13-15-31(26,28)6/h8-12,25-27,35H,13-18H2,1-7H3/b10-8+,19-9+,28-20-/t25-,26+,27+,30+,31+,32-/m1/s1. The summed E-state index contributed by atoms with van der Waals surface area (Å²) >= 11 is 0. The summed E-state index contributed by atoms with van der Waals surface area (Å²) in [4.78, 5) is 37.0. The Hall–Kier alpha value is -2.73. The van der Waals surface area contributed by atoms with Crippen molar-refractivity contribution in [2.24, 2.45) is 28.1 Å². The smallest absolute Gasteiger partial charge is 0.339 e. The number of hydrogen-bond donors (Lipinski definition) is 1. The van der Waals surface area contributed by atoms with Crippen molar-refractivity contribution in [3.05, 3.63) is 63.3 Å². The molecular weight excluding hydrogens is 480 g/mol. The number of aliphatic hydroxyl groups excluding tert-OH is 1. The minimum absolute atomic E-state index is 0.137. The molecule has 0 aromatic carbocycles. The van der Waals surface area contributed by atoms with Gasteiger partial charge in [0.2, 0.25) is 0 Å². The van der Waals surface area contributed by atoms with E-state index in [9.17, 15) is 19.5 Å². The lowest BCUT2D eigenvalue weighted by Gasteiger charge is -2.62. The normalized spacial score (nSPS) is 36.7. The Labute approximate surface area is 225 Å². The number of Topliss-reactive ketones (excluding diaryl/α,β-unsaturated/α-hetero) is 1. The average Bonchev–Trinajstić information content (AvgIpc) is 3.13. The molecule has 1 heterocycles. The zero-order chi connectivity index (χ0) is 28.0. The van der Waals surface area contributed by atoms with Crippen LogP contribution in [0.2, 0.25) is 0 Å². The summed E-state index contributed by atoms with van der Waals surface area (Å²) in [5.74, 6) is 0.738. The maximum atomic E-state index is 13.6. The summed E-state index contributed by atoms with van der Waals surface area (Å²) in [6.07, 6.45) is 9.01. The molecule has 3 aliphatic rings. The van der Waals surface area contributed by atoms with E-state index in [1.54, 1.807) is 19.1 Å². The molecule has 0 radical (unpaired) electrons. The molecule has 0 saturated heterocycles. The molecule has 1 aromatic rings. The summed E-state index contributed by atoms with van der Waals surface area (Å²) in [6, 6.07) is 3.55. The second-order valence-corrected chi connectivity index (χ2v) is 12.6. The Morgan fingerprint density at radius 3 is 2.47 bits per heavy atom. The number of carbonyl (C=O) groups excluding carboxylic acids is 2. The minimum Gasteiger partial charge on any atom is -0.465 e. The van der Waals surface area contributed by atoms with E-state index in [1.165, 1.54) is 6.92 Å². The van der Waals surface area contributed by atoms with E-state index in [0.717, 1.165) is 36.0 Å². The van der Waals surface area contributed by atoms with Gasteiger partial charge in [0.25, 0.3) is 0 Å². The molecule has 38 heavy (non-hydrogen) atoms. The van der Waals surface area contributed by atoms with E-state index in [1.807, 2.05) is 32.1 Å². The van der Waals surface area contributed by atoms with Crippen LogP contribution in [-0.2, 0) is 14.3 Å². The summed E-state index contributed by atoms with van der Waals surface area (Å²) < 4.78 is 10.8. The van der Waals surface area contributed by atoms with E-state index >= 15 is 0 Å². The quantitative estimate of drug-likeness (QED) is 0.291. The van der Waals surface area contributed by atoms with Crippen LogP contribution in [0.3, 0.4) is 0 Å². The predicted octanol–water partition coefficient (Wildman–Crippen LogP) is 5.96. The maximum absolute atomic E-state index is 13.6. The van der Waals surface area contributed by atoms with Gasteiger partial charge >= 0.3 is 11.6 Å². The zero-order valence-corrected chi connectivity index (χ0v) is 23.8. The number of allylic oxidation sites excluding steroid dienone is 6. The molecule has 0 bridgehead atoms. The third kappa shape index (κ3) is 4.66. The van der Waals surface area contributed by atoms with Crippen LogP contribution in [0.1, 0.15) is 85.0 Å². The Morgan fingerprint density at radius 2 is 1.82 bits per heavy atom. The Bertz CT molecular complexity index is 1280. The molecule has 1 aromatic heterocycles. The van der Waals surface area contributed by atoms with Crippen LogP contribution in [0.15, 0.2) is 50.7 Å². The van der Waals surface area contributed by atoms with Crippen molar-refractivity contribution < 1.29 is 23.8 Å². The largest absolute Gasteiger partial charge is 0.465 e. The number of ether oxygens (including phenoxy) is 1. The lowest BCUT2D eigenvalue weighted by Crippen LogP contribution is -2.60. The summed E-state index contributed by atoms with van der Waals surface area (Å²) in [7, 11) is 0. The second-order valence-electron chi connectivity index (χ2n) is 12.6. The van der Waals surface area contributed by atoms with Gasteiger partial charge in [0.15, 0.2) is 5.78 Å². The van der Waals surface area contributed by atoms with Crippen LogP contribution in [0.5, 0.6) is 0 Å². The third-order valence-electron chi connectivity index (χ3n) is 10.1. The molecule has 0 spiro atoms. The first kappa shape index (κ1) is 28.3. The average molecular weight is 523 g/mol. The number of aryl methyl sites for hydroxylation is 1. The lowest BCUT2D eigenvalue weighted by molar-refractivity contribution is -0.189. The van der Waals surface area contributed by atoms with Crippen LogP contribution < -0.4 is 5.63 Å². The van der Waals surface area contributed by atoms with Gasteiger partial charge in [0.05, 0.1) is 12.7 Å². The van der Waals surface area contributed by atoms with Gasteiger partial charge in [-0.15, -0.1) is 0 Å². The fourth-order valence-electron chi connectivity index (χ4n) is 8.05. The SMILES string of the molecule is CC(=O)OC[C@]1(C)[C@@H]2CC[C@]3(C)\C(=C(C)/C=C/C=C(\C)c4ccc(C)c(=O)o4)C(=O)C[C@H]3[C@@]2(C)CC[C@@H]1O. The minimum atomic E-state index is -0.533. The van der Waals surface area contributed by atoms with Crippen LogP contribution in [-0.4, -0.2) is 29.6 Å². The van der Waals surface area contributed by atoms with Crippen molar-refractivity contribution in [3.63, 3.8) is 0 Å². The van der Waals surface area contributed by atoms with Crippen LogP contribution in [0.4, 0.5) is 0 Å². The van der Waals surface area contributed by atoms with E-state index in [4.69, 9.17) is 9.15 Å². The molecule has 6 nitrogen and oxygen atoms in total. The first-order chi connectivity index (χ1) is 17.7. The molecule has 3 fully saturated rings. The van der Waals surface area contributed by atoms with Gasteiger partial charge in [0.1, 0.15) is 5.76 Å². The van der Waals surface area contributed by atoms with Gasteiger partial charge in [-0.25, -0.2) is 4.79 Å². The van der Waals surface area contributed by atoms with Gasteiger partial charge in [-0.1, -0.05) is 39.0 Å². The number of aliphatic hydroxyl groups is 1. The van der Waals surface area contributed by atoms with E-state index in [2.05, 4.69) is 20.8 Å². The number of esters is 1. The summed E-state index contributed by atoms with van der Waals surface area (Å²) in [6.45, 7) is 13.8. The highest BCUT2D eigenvalue weighted by molar-refractivity contribution is 6.00. The topological polar surface area (TPSA) is 93.8 Å². The summed E-state index contributed by atoms with van der Waals surface area (Å²) in [5.41, 5.74) is 2.04. The van der Waals surface area contributed by atoms with Crippen molar-refractivity contribution in [1.82, 2.24) is 0 Å². The molecule has 6 atom stereocenters. The molecule has 0 aliphatic heterocycles. The van der Waals surface area contributed by atoms with Crippen molar-refractivity contribution >= 4 is 17.3 Å². The molecule has 0 amide bonds. The molecule has 4 rings (SSSR count). The molecule has 6 heteroatoms. The Kier molecular flexibility index (Phi) is 7.52. The molecule has 1 N–H and O–H groups in total. The highest BCUT2D eigenvalue weighted by Crippen LogP contribution is 2.69. The number of rotatable bonds is 5. The molecule has 3 aliphatic carbocycles. The second kappa shape index (κ2) is 10.1. The van der Waals surface area contributed by atoms with Crippen molar-refractivity contribution in [3.8, 4) is 0 Å². The highest BCUT2D eigenvalue weighted by Gasteiger charge is 2.65. The van der Waals surface area contributed by atoms with Crippen LogP contribution in [0.25, 0.3) is 5.57 Å². The lowest BCUT2D eigenvalue weighted by atomic mass is 9.43. The monoisotopic (exact) mass is 522 g/mol. The summed E-state index contributed by atoms with van der Waals surface area (Å²) in [5, 5.41) is 11.0. The van der Waals surface area contributed by atoms with Crippen molar-refractivity contribution in [1.29, 1.82) is 0 Å². The van der Waals surface area contributed by atoms with Gasteiger partial charge in [-0.05, 0) is 87.0 Å². The third-order valence-corrected chi connectivity index (χ3v) is 10.1. The van der Waals surface area contributed by atoms with Gasteiger partial charge < -0.3 is 14.3 Å². The van der Waals surface area contributed by atoms with E-state index in [-0.39, 0.29) is 46.7 Å². The van der Waals surface area contributed by atoms with Gasteiger partial charge in [0, 0.05) is 35.3 Å². The highest BCUT2D eigenvalue weighted by atomic mass is 16.5. The first-order valence-electron chi connectivity index (χ1n) is 13.8. The fourth-order valence-corrected chi connectivity index (χ4v) is 8.05. The molecule has 3 saturated carbocycles. The Morgan fingerprint density at radius 1 is 1.11 bits per heavy atom. The number of hydrogen-bond acceptors (Lipinski definition) is 6. The van der Waals surface area contributed by atoms with Gasteiger partial charge in [-0.2, -0.15) is 0 Å². The van der Waals surface area contributed by atoms with Crippen molar-refractivity contribution in [2.45, 2.75) is 86.7 Å². The zero-order valence-electron chi connectivity index (χ0n) is 23.8. The number of ketones is 1. The Balaban J connectivity index is 1.63. The number of carbonyl (C=O) groups is 2. The van der Waals surface area contributed by atoms with Crippen LogP contribution in [0, 0.1) is 35.0 Å². The first-order valence-corrected chi connectivity index (χ1v) is 13.8. The molecule has 0 unspecified atom stereocenters. The fraction of sp³-hybridized carbons (Fsp3) is 0.594. The van der Waals surface area contributed by atoms with E-state index in [0.29, 0.717) is 24.2 Å². The van der Waals surface area contributed by atoms with E-state index < -0.39 is 11.5 Å². The van der Waals surface area contributed by atoms with Gasteiger partial charge in [-0.3, -0.25) is 9.59 Å². The van der Waals surface area contributed by atoms with Crippen LogP contribution >= 0.6 is 0 Å².